The molecule has 1 unspecified atom stereocenters. The van der Waals surface area contributed by atoms with Gasteiger partial charge in [0.05, 0.1) is 0 Å². The maximum absolute atomic E-state index is 13.2. The molecule has 1 aliphatic rings. The topological polar surface area (TPSA) is 82.5 Å². The second-order valence-corrected chi connectivity index (χ2v) is 8.99. The molecule has 1 fully saturated rings. The third-order valence-electron chi connectivity index (χ3n) is 4.17. The van der Waals surface area contributed by atoms with Gasteiger partial charge in [0.15, 0.2) is 10.0 Å². The Morgan fingerprint density at radius 3 is 3.04 bits per heavy atom. The molecule has 1 aromatic heterocycles. The summed E-state index contributed by atoms with van der Waals surface area (Å²) in [4.78, 5) is 28.9. The van der Waals surface area contributed by atoms with Crippen molar-refractivity contribution in [3.05, 3.63) is 39.6 Å². The first-order chi connectivity index (χ1) is 12.9. The highest BCUT2D eigenvalue weighted by atomic mass is 79.9. The van der Waals surface area contributed by atoms with E-state index in [2.05, 4.69) is 26.2 Å². The number of halogens is 2. The van der Waals surface area contributed by atoms with Crippen molar-refractivity contribution in [2.45, 2.75) is 23.2 Å². The molecule has 1 aliphatic heterocycles. The summed E-state index contributed by atoms with van der Waals surface area (Å²) >= 11 is 6.07. The summed E-state index contributed by atoms with van der Waals surface area (Å²) in [6.45, 7) is 1.16. The Bertz CT molecular complexity index is 849. The van der Waals surface area contributed by atoms with E-state index in [0.717, 1.165) is 12.1 Å². The van der Waals surface area contributed by atoms with Crippen molar-refractivity contribution in [2.75, 3.05) is 24.2 Å². The lowest BCUT2D eigenvalue weighted by Gasteiger charge is -2.25. The van der Waals surface area contributed by atoms with Gasteiger partial charge in [-0.1, -0.05) is 11.8 Å². The number of thioether (sulfide) groups is 1. The van der Waals surface area contributed by atoms with E-state index < -0.39 is 5.97 Å². The third-order valence-corrected chi connectivity index (χ3v) is 6.83. The lowest BCUT2D eigenvalue weighted by molar-refractivity contribution is -0.128. The summed E-state index contributed by atoms with van der Waals surface area (Å²) in [5.74, 6) is -0.582. The van der Waals surface area contributed by atoms with Gasteiger partial charge < -0.3 is 15.3 Å². The Hall–Kier alpha value is -1.65. The number of hydrogen-bond donors (Lipinski definition) is 2. The van der Waals surface area contributed by atoms with Crippen LogP contribution in [0.2, 0.25) is 0 Å². The fraction of sp³-hybridized carbons (Fsp3) is 0.353. The molecular weight excluding hydrogens is 457 g/mol. The van der Waals surface area contributed by atoms with Crippen LogP contribution in [0.4, 0.5) is 10.1 Å². The van der Waals surface area contributed by atoms with Gasteiger partial charge in [-0.3, -0.25) is 4.79 Å². The molecule has 0 saturated carbocycles. The zero-order chi connectivity index (χ0) is 19.4. The molecule has 0 spiro atoms. The average Bonchev–Trinajstić information content (AvgIpc) is 3.22. The summed E-state index contributed by atoms with van der Waals surface area (Å²) in [5, 5.41) is 13.7. The number of carboxylic acid groups (broad SMARTS) is 1. The van der Waals surface area contributed by atoms with Gasteiger partial charge in [0.2, 0.25) is 5.91 Å². The summed E-state index contributed by atoms with van der Waals surface area (Å²) in [6.07, 6.45) is 1.29. The zero-order valence-electron chi connectivity index (χ0n) is 14.2. The van der Waals surface area contributed by atoms with Crippen LogP contribution in [0.5, 0.6) is 0 Å². The van der Waals surface area contributed by atoms with Crippen LogP contribution in [0, 0.1) is 5.82 Å². The number of benzene rings is 1. The monoisotopic (exact) mass is 473 g/mol. The van der Waals surface area contributed by atoms with Gasteiger partial charge in [-0.15, -0.1) is 11.3 Å². The van der Waals surface area contributed by atoms with Crippen LogP contribution < -0.4 is 5.32 Å². The molecule has 144 valence electrons. The second-order valence-electron chi connectivity index (χ2n) is 5.94. The molecule has 10 heteroatoms. The van der Waals surface area contributed by atoms with E-state index in [0.29, 0.717) is 34.1 Å². The molecule has 0 bridgehead atoms. The average molecular weight is 474 g/mol. The molecule has 1 saturated heterocycles. The summed E-state index contributed by atoms with van der Waals surface area (Å²) in [5.41, 5.74) is 0.834. The largest absolute Gasteiger partial charge is 0.476 e. The Morgan fingerprint density at radius 2 is 2.33 bits per heavy atom. The molecule has 2 aromatic rings. The molecule has 3 rings (SSSR count). The highest BCUT2D eigenvalue weighted by Gasteiger charge is 2.30. The van der Waals surface area contributed by atoms with Crippen molar-refractivity contribution in [1.29, 1.82) is 0 Å². The molecule has 0 aliphatic carbocycles. The Balaban J connectivity index is 1.52. The number of aromatic nitrogens is 1. The number of hydrogen-bond acceptors (Lipinski definition) is 6. The first kappa shape index (κ1) is 20.1. The second kappa shape index (κ2) is 9.03. The minimum atomic E-state index is -1.04. The van der Waals surface area contributed by atoms with E-state index in [9.17, 15) is 14.0 Å². The summed E-state index contributed by atoms with van der Waals surface area (Å²) < 4.78 is 14.5. The predicted octanol–water partition coefficient (Wildman–Crippen LogP) is 3.94. The summed E-state index contributed by atoms with van der Waals surface area (Å²) in [6, 6.07) is 4.52. The smallest absolute Gasteiger partial charge is 0.355 e. The first-order valence-electron chi connectivity index (χ1n) is 8.24. The molecule has 1 aromatic carbocycles. The Labute approximate surface area is 172 Å². The van der Waals surface area contributed by atoms with Crippen molar-refractivity contribution < 1.29 is 19.1 Å². The van der Waals surface area contributed by atoms with Gasteiger partial charge in [0, 0.05) is 46.8 Å². The van der Waals surface area contributed by atoms with Crippen molar-refractivity contribution in [2.24, 2.45) is 0 Å². The number of rotatable bonds is 8. The number of thiazole rings is 1. The number of amides is 1. The van der Waals surface area contributed by atoms with E-state index in [-0.39, 0.29) is 23.5 Å². The van der Waals surface area contributed by atoms with Gasteiger partial charge >= 0.3 is 5.97 Å². The Kier molecular flexibility index (Phi) is 6.72. The van der Waals surface area contributed by atoms with Crippen molar-refractivity contribution >= 4 is 56.6 Å². The van der Waals surface area contributed by atoms with Gasteiger partial charge in [-0.05, 0) is 40.5 Å². The van der Waals surface area contributed by atoms with Crippen LogP contribution in [-0.2, 0) is 4.79 Å². The number of nitrogens with one attached hydrogen (secondary N) is 1. The predicted molar refractivity (Wildman–Crippen MR) is 107 cm³/mol. The number of aromatic carboxylic acids is 1. The van der Waals surface area contributed by atoms with E-state index in [1.165, 1.54) is 40.6 Å². The highest BCUT2D eigenvalue weighted by Crippen LogP contribution is 2.27. The van der Waals surface area contributed by atoms with Crippen LogP contribution in [-0.4, -0.2) is 51.8 Å². The normalized spacial score (nSPS) is 16.7. The summed E-state index contributed by atoms with van der Waals surface area (Å²) in [7, 11) is 0. The van der Waals surface area contributed by atoms with E-state index in [1.807, 2.05) is 4.90 Å². The maximum atomic E-state index is 13.2. The van der Waals surface area contributed by atoms with Crippen LogP contribution in [0.3, 0.4) is 0 Å². The molecular formula is C17H17BrFN3O3S2. The minimum absolute atomic E-state index is 0.0479. The van der Waals surface area contributed by atoms with Crippen molar-refractivity contribution in [3.8, 4) is 0 Å². The van der Waals surface area contributed by atoms with Crippen molar-refractivity contribution in [3.63, 3.8) is 0 Å². The molecule has 2 heterocycles. The van der Waals surface area contributed by atoms with Crippen LogP contribution in [0.1, 0.15) is 23.3 Å². The zero-order valence-corrected chi connectivity index (χ0v) is 17.4. The van der Waals surface area contributed by atoms with Gasteiger partial charge in [-0.2, -0.15) is 0 Å². The van der Waals surface area contributed by atoms with Crippen molar-refractivity contribution in [1.82, 2.24) is 9.88 Å². The van der Waals surface area contributed by atoms with Gasteiger partial charge in [0.1, 0.15) is 5.82 Å². The highest BCUT2D eigenvalue weighted by molar-refractivity contribution is 9.10. The number of likely N-dealkylation sites (tertiary alicyclic amines) is 1. The number of anilines is 1. The van der Waals surface area contributed by atoms with E-state index in [4.69, 9.17) is 5.11 Å². The molecule has 2 N–H and O–H groups in total. The SMILES string of the molecule is O=C(O)c1csc(SCCN2C(=O)CCC2CNc2ccc(F)cc2Br)n1. The van der Waals surface area contributed by atoms with Crippen LogP contribution in [0.25, 0.3) is 0 Å². The molecule has 1 amide bonds. The maximum Gasteiger partial charge on any atom is 0.355 e. The number of carbonyl (C=O) groups is 2. The van der Waals surface area contributed by atoms with Crippen LogP contribution in [0.15, 0.2) is 32.4 Å². The minimum Gasteiger partial charge on any atom is -0.476 e. The Morgan fingerprint density at radius 1 is 1.52 bits per heavy atom. The molecule has 6 nitrogen and oxygen atoms in total. The lowest BCUT2D eigenvalue weighted by atomic mass is 10.2. The fourth-order valence-corrected chi connectivity index (χ4v) is 5.13. The lowest BCUT2D eigenvalue weighted by Crippen LogP contribution is -2.39. The van der Waals surface area contributed by atoms with Gasteiger partial charge in [0.25, 0.3) is 0 Å². The molecule has 1 atom stereocenters. The van der Waals surface area contributed by atoms with E-state index in [1.54, 1.807) is 6.07 Å². The number of nitrogens with zero attached hydrogens (tertiary/aromatic N) is 2. The molecule has 27 heavy (non-hydrogen) atoms. The number of carbonyl (C=O) groups excluding carboxylic acids is 1. The van der Waals surface area contributed by atoms with E-state index >= 15 is 0 Å². The van der Waals surface area contributed by atoms with Gasteiger partial charge in [-0.25, -0.2) is 14.2 Å². The van der Waals surface area contributed by atoms with Crippen LogP contribution >= 0.6 is 39.0 Å². The third kappa shape index (κ3) is 5.20. The molecule has 0 radical (unpaired) electrons. The standard InChI is InChI=1S/C17H17BrFN3O3S2/c18-12-7-10(19)1-3-13(12)20-8-11-2-4-15(23)22(11)5-6-26-17-21-14(9-27-17)16(24)25/h1,3,7,9,11,20H,2,4-6,8H2,(H,24,25). The quantitative estimate of drug-likeness (QED) is 0.565. The first-order valence-corrected chi connectivity index (χ1v) is 10.9. The fourth-order valence-electron chi connectivity index (χ4n) is 2.83. The number of carboxylic acids is 1.